The summed E-state index contributed by atoms with van der Waals surface area (Å²) in [4.78, 5) is 32.8. The molecule has 2 amide bonds. The molecule has 0 saturated carbocycles. The average Bonchev–Trinajstić information content (AvgIpc) is 2.30. The second kappa shape index (κ2) is 8.37. The van der Waals surface area contributed by atoms with Gasteiger partial charge in [-0.2, -0.15) is 0 Å². The summed E-state index contributed by atoms with van der Waals surface area (Å²) in [5, 5.41) is 13.3. The van der Waals surface area contributed by atoms with Gasteiger partial charge in [0.2, 0.25) is 0 Å². The Balaban J connectivity index is 4.03. The minimum absolute atomic E-state index is 0.289. The van der Waals surface area contributed by atoms with Crippen molar-refractivity contribution in [2.45, 2.75) is 32.2 Å². The largest absolute Gasteiger partial charge is 0.480 e. The first-order valence-electron chi connectivity index (χ1n) is 5.35. The molecule has 3 N–H and O–H groups in total. The predicted octanol–water partition coefficient (Wildman–Crippen LogP) is 0.102. The molecule has 0 radical (unpaired) electrons. The molecule has 0 aliphatic heterocycles. The topological polar surface area (TPSA) is 105 Å². The second-order valence-corrected chi connectivity index (χ2v) is 3.44. The van der Waals surface area contributed by atoms with Crippen LogP contribution in [-0.2, 0) is 14.3 Å². The summed E-state index contributed by atoms with van der Waals surface area (Å²) in [5.74, 6) is -1.69. The molecule has 7 nitrogen and oxygen atoms in total. The fourth-order valence-corrected chi connectivity index (χ4v) is 1.10. The van der Waals surface area contributed by atoms with E-state index in [1.807, 2.05) is 6.92 Å². The number of methoxy groups -OCH3 is 1. The van der Waals surface area contributed by atoms with E-state index in [4.69, 9.17) is 5.11 Å². The lowest BCUT2D eigenvalue weighted by atomic mass is 10.1. The van der Waals surface area contributed by atoms with E-state index in [2.05, 4.69) is 15.4 Å². The number of amides is 2. The molecule has 0 heterocycles. The van der Waals surface area contributed by atoms with Gasteiger partial charge in [-0.3, -0.25) is 4.79 Å². The molecule has 0 aliphatic carbocycles. The number of carbonyl (C=O) groups is 3. The number of carboxylic acid groups (broad SMARTS) is 1. The first-order valence-corrected chi connectivity index (χ1v) is 5.35. The Bertz CT molecular complexity index is 280. The second-order valence-electron chi connectivity index (χ2n) is 3.44. The molecule has 0 aromatic rings. The van der Waals surface area contributed by atoms with E-state index in [1.165, 1.54) is 7.11 Å². The van der Waals surface area contributed by atoms with E-state index in [0.717, 1.165) is 6.42 Å². The summed E-state index contributed by atoms with van der Waals surface area (Å²) in [6.07, 6.45) is 1.90. The van der Waals surface area contributed by atoms with E-state index in [1.54, 1.807) is 0 Å². The molecule has 1 unspecified atom stereocenters. The Labute approximate surface area is 99.5 Å². The number of hydrogen-bond donors (Lipinski definition) is 3. The summed E-state index contributed by atoms with van der Waals surface area (Å²) < 4.78 is 4.32. The molecule has 98 valence electrons. The van der Waals surface area contributed by atoms with Gasteiger partial charge >= 0.3 is 18.0 Å². The van der Waals surface area contributed by atoms with E-state index in [0.29, 0.717) is 12.8 Å². The summed E-state index contributed by atoms with van der Waals surface area (Å²) in [7, 11) is 1.20. The molecule has 0 rings (SSSR count). The molecular weight excluding hydrogens is 228 g/mol. The lowest BCUT2D eigenvalue weighted by Crippen LogP contribution is -2.47. The maximum absolute atomic E-state index is 11.2. The predicted molar refractivity (Wildman–Crippen MR) is 59.5 cm³/mol. The third kappa shape index (κ3) is 7.15. The van der Waals surface area contributed by atoms with Crippen LogP contribution in [0.2, 0.25) is 0 Å². The minimum Gasteiger partial charge on any atom is -0.480 e. The Morgan fingerprint density at radius 1 is 1.35 bits per heavy atom. The normalized spacial score (nSPS) is 11.4. The number of carboxylic acids is 1. The number of ether oxygens (including phenoxy) is 1. The van der Waals surface area contributed by atoms with Crippen LogP contribution in [-0.4, -0.2) is 42.8 Å². The number of urea groups is 1. The summed E-state index contributed by atoms with van der Waals surface area (Å²) in [6.45, 7) is 1.64. The number of esters is 1. The number of unbranched alkanes of at least 4 members (excludes halogenated alkanes) is 1. The van der Waals surface area contributed by atoms with E-state index < -0.39 is 24.0 Å². The molecule has 0 aliphatic rings. The lowest BCUT2D eigenvalue weighted by molar-refractivity contribution is -0.139. The van der Waals surface area contributed by atoms with Crippen molar-refractivity contribution in [3.63, 3.8) is 0 Å². The third-order valence-electron chi connectivity index (χ3n) is 2.07. The highest BCUT2D eigenvalue weighted by Gasteiger charge is 2.19. The highest BCUT2D eigenvalue weighted by atomic mass is 16.5. The standard InChI is InChI=1S/C10H18N2O5/c1-3-4-5-7(9(14)15)12-10(16)11-6-8(13)17-2/h7H,3-6H2,1-2H3,(H,14,15)(H2,11,12,16). The Morgan fingerprint density at radius 2 is 2.00 bits per heavy atom. The van der Waals surface area contributed by atoms with Gasteiger partial charge in [0, 0.05) is 0 Å². The number of hydrogen-bond acceptors (Lipinski definition) is 4. The van der Waals surface area contributed by atoms with E-state index in [-0.39, 0.29) is 6.54 Å². The number of rotatable bonds is 7. The number of carbonyl (C=O) groups excluding carboxylic acids is 2. The van der Waals surface area contributed by atoms with Crippen LogP contribution in [0, 0.1) is 0 Å². The zero-order valence-electron chi connectivity index (χ0n) is 9.99. The number of nitrogens with one attached hydrogen (secondary N) is 2. The quantitative estimate of drug-likeness (QED) is 0.553. The maximum atomic E-state index is 11.2. The van der Waals surface area contributed by atoms with Crippen molar-refractivity contribution in [3.8, 4) is 0 Å². The van der Waals surface area contributed by atoms with Crippen molar-refractivity contribution >= 4 is 18.0 Å². The molecule has 0 aromatic carbocycles. The maximum Gasteiger partial charge on any atom is 0.326 e. The van der Waals surface area contributed by atoms with Crippen LogP contribution in [0.15, 0.2) is 0 Å². The van der Waals surface area contributed by atoms with Crippen LogP contribution in [0.5, 0.6) is 0 Å². The van der Waals surface area contributed by atoms with Crippen LogP contribution in [0.25, 0.3) is 0 Å². The van der Waals surface area contributed by atoms with Crippen LogP contribution in [0.4, 0.5) is 4.79 Å². The number of aliphatic carboxylic acids is 1. The molecule has 0 bridgehead atoms. The van der Waals surface area contributed by atoms with Gasteiger partial charge in [0.25, 0.3) is 0 Å². The van der Waals surface area contributed by atoms with Gasteiger partial charge in [-0.05, 0) is 6.42 Å². The Kier molecular flexibility index (Phi) is 7.49. The molecule has 0 aromatic heterocycles. The van der Waals surface area contributed by atoms with Gasteiger partial charge in [-0.1, -0.05) is 19.8 Å². The van der Waals surface area contributed by atoms with Crippen molar-refractivity contribution in [1.82, 2.24) is 10.6 Å². The highest BCUT2D eigenvalue weighted by molar-refractivity contribution is 5.84. The SMILES string of the molecule is CCCCC(NC(=O)NCC(=O)OC)C(=O)O. The van der Waals surface area contributed by atoms with Crippen molar-refractivity contribution in [2.24, 2.45) is 0 Å². The summed E-state index contributed by atoms with van der Waals surface area (Å²) >= 11 is 0. The van der Waals surface area contributed by atoms with Crippen molar-refractivity contribution < 1.29 is 24.2 Å². The lowest BCUT2D eigenvalue weighted by Gasteiger charge is -2.14. The summed E-state index contributed by atoms with van der Waals surface area (Å²) in [6, 6.07) is -1.63. The van der Waals surface area contributed by atoms with E-state index in [9.17, 15) is 14.4 Å². The molecule has 0 fully saturated rings. The van der Waals surface area contributed by atoms with Crippen molar-refractivity contribution in [2.75, 3.05) is 13.7 Å². The molecule has 0 saturated heterocycles. The van der Waals surface area contributed by atoms with Crippen LogP contribution >= 0.6 is 0 Å². The Morgan fingerprint density at radius 3 is 2.47 bits per heavy atom. The molecule has 1 atom stereocenters. The van der Waals surface area contributed by atoms with Crippen LogP contribution < -0.4 is 10.6 Å². The molecule has 0 spiro atoms. The average molecular weight is 246 g/mol. The van der Waals surface area contributed by atoms with Gasteiger partial charge in [0.15, 0.2) is 0 Å². The van der Waals surface area contributed by atoms with Gasteiger partial charge in [0.05, 0.1) is 7.11 Å². The Hall–Kier alpha value is -1.79. The van der Waals surface area contributed by atoms with Crippen LogP contribution in [0.1, 0.15) is 26.2 Å². The van der Waals surface area contributed by atoms with Crippen LogP contribution in [0.3, 0.4) is 0 Å². The van der Waals surface area contributed by atoms with Gasteiger partial charge < -0.3 is 20.5 Å². The van der Waals surface area contributed by atoms with Crippen molar-refractivity contribution in [3.05, 3.63) is 0 Å². The zero-order valence-corrected chi connectivity index (χ0v) is 9.99. The minimum atomic E-state index is -1.09. The molecule has 17 heavy (non-hydrogen) atoms. The first-order chi connectivity index (χ1) is 8.01. The molecule has 7 heteroatoms. The fraction of sp³-hybridized carbons (Fsp3) is 0.700. The zero-order chi connectivity index (χ0) is 13.3. The summed E-state index contributed by atoms with van der Waals surface area (Å²) in [5.41, 5.74) is 0. The van der Waals surface area contributed by atoms with Gasteiger partial charge in [-0.15, -0.1) is 0 Å². The smallest absolute Gasteiger partial charge is 0.326 e. The fourth-order valence-electron chi connectivity index (χ4n) is 1.10. The molecular formula is C10H18N2O5. The third-order valence-corrected chi connectivity index (χ3v) is 2.07. The first kappa shape index (κ1) is 15.2. The highest BCUT2D eigenvalue weighted by Crippen LogP contribution is 2.00. The van der Waals surface area contributed by atoms with Crippen molar-refractivity contribution in [1.29, 1.82) is 0 Å². The van der Waals surface area contributed by atoms with Gasteiger partial charge in [0.1, 0.15) is 12.6 Å². The monoisotopic (exact) mass is 246 g/mol. The van der Waals surface area contributed by atoms with E-state index >= 15 is 0 Å². The van der Waals surface area contributed by atoms with Gasteiger partial charge in [-0.25, -0.2) is 9.59 Å².